The molecule has 2 aromatic rings. The first-order chi connectivity index (χ1) is 13.3. The van der Waals surface area contributed by atoms with Crippen molar-refractivity contribution in [2.24, 2.45) is 0 Å². The zero-order valence-corrected chi connectivity index (χ0v) is 17.2. The van der Waals surface area contributed by atoms with Gasteiger partial charge in [-0.15, -0.1) is 0 Å². The van der Waals surface area contributed by atoms with Gasteiger partial charge in [0.2, 0.25) is 15.8 Å². The Morgan fingerprint density at radius 2 is 1.71 bits per heavy atom. The van der Waals surface area contributed by atoms with Crippen molar-refractivity contribution < 1.29 is 22.7 Å². The number of Topliss-reactive ketones (excluding diaryl/α,β-unsaturated/α-hetero) is 1. The van der Waals surface area contributed by atoms with Crippen molar-refractivity contribution >= 4 is 15.8 Å². The van der Waals surface area contributed by atoms with Crippen molar-refractivity contribution in [1.82, 2.24) is 4.31 Å². The van der Waals surface area contributed by atoms with Gasteiger partial charge in [-0.2, -0.15) is 4.31 Å². The van der Waals surface area contributed by atoms with Gasteiger partial charge in [-0.3, -0.25) is 4.79 Å². The molecule has 7 heteroatoms. The maximum absolute atomic E-state index is 12.7. The molecule has 150 valence electrons. The topological polar surface area (TPSA) is 72.9 Å². The largest absolute Gasteiger partial charge is 0.483 e. The van der Waals surface area contributed by atoms with Gasteiger partial charge in [-0.25, -0.2) is 8.42 Å². The molecule has 1 fully saturated rings. The van der Waals surface area contributed by atoms with Gasteiger partial charge < -0.3 is 9.47 Å². The lowest BCUT2D eigenvalue weighted by molar-refractivity contribution is 0.0730. The van der Waals surface area contributed by atoms with Gasteiger partial charge in [0.15, 0.2) is 6.10 Å². The molecule has 0 saturated carbocycles. The predicted molar refractivity (Wildman–Crippen MR) is 106 cm³/mol. The van der Waals surface area contributed by atoms with Crippen LogP contribution in [0.25, 0.3) is 0 Å². The Morgan fingerprint density at radius 3 is 2.36 bits per heavy atom. The minimum Gasteiger partial charge on any atom is -0.483 e. The molecule has 1 atom stereocenters. The van der Waals surface area contributed by atoms with Crippen molar-refractivity contribution in [3.63, 3.8) is 0 Å². The number of ether oxygens (including phenoxy) is 2. The highest BCUT2D eigenvalue weighted by Gasteiger charge is 2.26. The lowest BCUT2D eigenvalue weighted by Gasteiger charge is -2.26. The van der Waals surface area contributed by atoms with Crippen molar-refractivity contribution in [3.05, 3.63) is 59.2 Å². The van der Waals surface area contributed by atoms with Gasteiger partial charge in [0.05, 0.1) is 18.1 Å². The van der Waals surface area contributed by atoms with E-state index in [9.17, 15) is 13.2 Å². The van der Waals surface area contributed by atoms with Crippen LogP contribution in [0.5, 0.6) is 5.75 Å². The Hall–Kier alpha value is -2.22. The van der Waals surface area contributed by atoms with E-state index in [1.165, 1.54) is 16.4 Å². The average Bonchev–Trinajstić information content (AvgIpc) is 2.70. The predicted octanol–water partition coefficient (Wildman–Crippen LogP) is 2.97. The minimum absolute atomic E-state index is 0.105. The lowest BCUT2D eigenvalue weighted by Crippen LogP contribution is -2.40. The minimum atomic E-state index is -3.55. The molecule has 0 N–H and O–H groups in total. The number of hydrogen-bond donors (Lipinski definition) is 0. The molecule has 0 aromatic heterocycles. The Morgan fingerprint density at radius 1 is 1.07 bits per heavy atom. The van der Waals surface area contributed by atoms with Crippen LogP contribution in [0.2, 0.25) is 0 Å². The third-order valence-electron chi connectivity index (χ3n) is 4.77. The molecule has 2 aromatic carbocycles. The summed E-state index contributed by atoms with van der Waals surface area (Å²) in [6.07, 6.45) is -0.679. The van der Waals surface area contributed by atoms with E-state index in [1.54, 1.807) is 19.1 Å². The average molecular weight is 404 g/mol. The Bertz CT molecular complexity index is 947. The molecule has 1 aliphatic heterocycles. The number of aryl methyl sites for hydroxylation is 2. The number of nitrogens with zero attached hydrogens (tertiary/aromatic N) is 1. The normalized spacial score (nSPS) is 16.5. The number of hydrogen-bond acceptors (Lipinski definition) is 5. The SMILES string of the molecule is Cc1ccc(C)c(C(=O)[C@H](C)Oc2ccc(S(=O)(=O)N3CCOCC3)cc2)c1. The molecule has 0 aliphatic carbocycles. The summed E-state index contributed by atoms with van der Waals surface area (Å²) >= 11 is 0. The van der Waals surface area contributed by atoms with Crippen LogP contribution in [0.4, 0.5) is 0 Å². The summed E-state index contributed by atoms with van der Waals surface area (Å²) in [7, 11) is -3.55. The van der Waals surface area contributed by atoms with Crippen LogP contribution in [0.15, 0.2) is 47.4 Å². The second-order valence-electron chi connectivity index (χ2n) is 6.93. The molecule has 28 heavy (non-hydrogen) atoms. The number of sulfonamides is 1. The van der Waals surface area contributed by atoms with Crippen LogP contribution in [0.1, 0.15) is 28.4 Å². The molecule has 1 saturated heterocycles. The molecule has 0 spiro atoms. The lowest BCUT2D eigenvalue weighted by atomic mass is 9.99. The van der Waals surface area contributed by atoms with Gasteiger partial charge >= 0.3 is 0 Å². The van der Waals surface area contributed by atoms with Crippen molar-refractivity contribution in [2.45, 2.75) is 31.8 Å². The highest BCUT2D eigenvalue weighted by Crippen LogP contribution is 2.22. The van der Waals surface area contributed by atoms with Crippen molar-refractivity contribution in [1.29, 1.82) is 0 Å². The molecule has 1 aliphatic rings. The quantitative estimate of drug-likeness (QED) is 0.694. The Labute approximate surface area is 166 Å². The molecule has 0 radical (unpaired) electrons. The third kappa shape index (κ3) is 4.43. The third-order valence-corrected chi connectivity index (χ3v) is 6.69. The van der Waals surface area contributed by atoms with Gasteiger partial charge in [-0.05, 0) is 56.7 Å². The van der Waals surface area contributed by atoms with E-state index in [0.717, 1.165) is 11.1 Å². The Kier molecular flexibility index (Phi) is 6.17. The molecule has 1 heterocycles. The van der Waals surface area contributed by atoms with Crippen LogP contribution in [0, 0.1) is 13.8 Å². The van der Waals surface area contributed by atoms with Crippen LogP contribution in [-0.2, 0) is 14.8 Å². The molecule has 0 amide bonds. The van der Waals surface area contributed by atoms with E-state index in [4.69, 9.17) is 9.47 Å². The summed E-state index contributed by atoms with van der Waals surface area (Å²) in [6.45, 7) is 7.03. The number of ketones is 1. The first-order valence-electron chi connectivity index (χ1n) is 9.25. The molecular formula is C21H25NO5S. The fraction of sp³-hybridized carbons (Fsp3) is 0.381. The fourth-order valence-electron chi connectivity index (χ4n) is 3.10. The first-order valence-corrected chi connectivity index (χ1v) is 10.7. The van der Waals surface area contributed by atoms with E-state index in [1.807, 2.05) is 32.0 Å². The smallest absolute Gasteiger partial charge is 0.243 e. The highest BCUT2D eigenvalue weighted by atomic mass is 32.2. The number of morpholine rings is 1. The van der Waals surface area contributed by atoms with E-state index in [2.05, 4.69) is 0 Å². The van der Waals surface area contributed by atoms with E-state index < -0.39 is 16.1 Å². The van der Waals surface area contributed by atoms with Crippen LogP contribution in [0.3, 0.4) is 0 Å². The first kappa shape index (κ1) is 20.5. The summed E-state index contributed by atoms with van der Waals surface area (Å²) in [5.41, 5.74) is 2.55. The molecular weight excluding hydrogens is 378 g/mol. The van der Waals surface area contributed by atoms with E-state index in [0.29, 0.717) is 37.6 Å². The summed E-state index contributed by atoms with van der Waals surface area (Å²) in [6, 6.07) is 11.9. The molecule has 6 nitrogen and oxygen atoms in total. The van der Waals surface area contributed by atoms with Gasteiger partial charge in [0.25, 0.3) is 0 Å². The van der Waals surface area contributed by atoms with Crippen LogP contribution in [-0.4, -0.2) is 50.9 Å². The van der Waals surface area contributed by atoms with E-state index >= 15 is 0 Å². The van der Waals surface area contributed by atoms with E-state index in [-0.39, 0.29) is 10.7 Å². The standard InChI is InChI=1S/C21H25NO5S/c1-15-4-5-16(2)20(14-15)21(23)17(3)27-18-6-8-19(9-7-18)28(24,25)22-10-12-26-13-11-22/h4-9,14,17H,10-13H2,1-3H3/t17-/m0/s1. The van der Waals surface area contributed by atoms with Gasteiger partial charge in [0.1, 0.15) is 5.75 Å². The zero-order chi connectivity index (χ0) is 20.3. The fourth-order valence-corrected chi connectivity index (χ4v) is 4.51. The maximum atomic E-state index is 12.7. The number of rotatable bonds is 6. The summed E-state index contributed by atoms with van der Waals surface area (Å²) in [5, 5.41) is 0. The number of carbonyl (C=O) groups excluding carboxylic acids is 1. The van der Waals surface area contributed by atoms with Crippen molar-refractivity contribution in [2.75, 3.05) is 26.3 Å². The molecule has 0 bridgehead atoms. The highest BCUT2D eigenvalue weighted by molar-refractivity contribution is 7.89. The Balaban J connectivity index is 1.71. The van der Waals surface area contributed by atoms with Gasteiger partial charge in [0, 0.05) is 18.7 Å². The van der Waals surface area contributed by atoms with Gasteiger partial charge in [-0.1, -0.05) is 17.7 Å². The molecule has 3 rings (SSSR count). The van der Waals surface area contributed by atoms with Crippen LogP contribution >= 0.6 is 0 Å². The second kappa shape index (κ2) is 8.43. The summed E-state index contributed by atoms with van der Waals surface area (Å²) < 4.78 is 37.7. The number of benzene rings is 2. The maximum Gasteiger partial charge on any atom is 0.243 e. The summed E-state index contributed by atoms with van der Waals surface area (Å²) in [4.78, 5) is 12.9. The van der Waals surface area contributed by atoms with Crippen molar-refractivity contribution in [3.8, 4) is 5.75 Å². The zero-order valence-electron chi connectivity index (χ0n) is 16.3. The second-order valence-corrected chi connectivity index (χ2v) is 8.87. The number of carbonyl (C=O) groups is 1. The monoisotopic (exact) mass is 403 g/mol. The molecule has 0 unspecified atom stereocenters. The summed E-state index contributed by atoms with van der Waals surface area (Å²) in [5.74, 6) is 0.346. The van der Waals surface area contributed by atoms with Crippen LogP contribution < -0.4 is 4.74 Å².